The molecule has 10 heteroatoms. The minimum Gasteiger partial charge on any atom is -0.368 e. The molecule has 0 bridgehead atoms. The van der Waals surface area contributed by atoms with Gasteiger partial charge in [0.25, 0.3) is 5.91 Å². The van der Waals surface area contributed by atoms with Crippen LogP contribution in [0.4, 0.5) is 18.9 Å². The van der Waals surface area contributed by atoms with Crippen LogP contribution in [0.1, 0.15) is 16.1 Å². The van der Waals surface area contributed by atoms with Crippen LogP contribution in [-0.4, -0.2) is 51.6 Å². The van der Waals surface area contributed by atoms with Gasteiger partial charge < -0.3 is 9.80 Å². The molecule has 1 saturated heterocycles. The fourth-order valence-corrected chi connectivity index (χ4v) is 5.12. The van der Waals surface area contributed by atoms with Crippen molar-refractivity contribution in [3.63, 3.8) is 0 Å². The summed E-state index contributed by atoms with van der Waals surface area (Å²) >= 11 is 6.47. The molecule has 0 radical (unpaired) electrons. The molecule has 0 saturated carbocycles. The molecule has 6 rings (SSSR count). The van der Waals surface area contributed by atoms with Crippen LogP contribution in [0.3, 0.4) is 0 Å². The topological polar surface area (TPSA) is 53.7 Å². The van der Waals surface area contributed by atoms with Crippen molar-refractivity contribution in [2.45, 2.75) is 6.18 Å². The number of aromatic nitrogens is 3. The second-order valence-corrected chi connectivity index (χ2v) is 9.91. The van der Waals surface area contributed by atoms with Crippen LogP contribution in [0.2, 0.25) is 5.02 Å². The minimum absolute atomic E-state index is 0.243. The first-order valence-electron chi connectivity index (χ1n) is 12.7. The molecule has 0 unspecified atom stereocenters. The van der Waals surface area contributed by atoms with Gasteiger partial charge in [-0.15, -0.1) is 0 Å². The van der Waals surface area contributed by atoms with Crippen LogP contribution in [0.25, 0.3) is 28.2 Å². The zero-order valence-corrected chi connectivity index (χ0v) is 21.9. The van der Waals surface area contributed by atoms with Crippen molar-refractivity contribution in [1.29, 1.82) is 0 Å². The Hall–Kier alpha value is -4.37. The Morgan fingerprint density at radius 3 is 2.25 bits per heavy atom. The number of carbonyl (C=O) groups is 1. The Balaban J connectivity index is 1.33. The number of amides is 1. The molecule has 0 atom stereocenters. The zero-order chi connectivity index (χ0) is 27.9. The van der Waals surface area contributed by atoms with Gasteiger partial charge in [0.2, 0.25) is 0 Å². The Kier molecular flexibility index (Phi) is 6.67. The van der Waals surface area contributed by atoms with Crippen molar-refractivity contribution in [3.05, 3.63) is 107 Å². The molecule has 0 spiro atoms. The van der Waals surface area contributed by atoms with Gasteiger partial charge in [-0.1, -0.05) is 66.2 Å². The van der Waals surface area contributed by atoms with E-state index in [9.17, 15) is 18.0 Å². The van der Waals surface area contributed by atoms with Gasteiger partial charge in [-0.25, -0.2) is 9.50 Å². The maximum absolute atomic E-state index is 13.9. The summed E-state index contributed by atoms with van der Waals surface area (Å²) in [6.45, 7) is 1.47. The molecule has 1 aliphatic rings. The first-order chi connectivity index (χ1) is 19.3. The molecule has 5 aromatic rings. The van der Waals surface area contributed by atoms with E-state index in [0.29, 0.717) is 65.2 Å². The molecule has 0 aliphatic carbocycles. The summed E-state index contributed by atoms with van der Waals surface area (Å²) in [6, 6.07) is 25.7. The largest absolute Gasteiger partial charge is 0.416 e. The minimum atomic E-state index is -4.41. The quantitative estimate of drug-likeness (QED) is 0.245. The Labute approximate surface area is 233 Å². The fraction of sp³-hybridized carbons (Fsp3) is 0.167. The van der Waals surface area contributed by atoms with Crippen molar-refractivity contribution >= 4 is 28.8 Å². The van der Waals surface area contributed by atoms with Crippen molar-refractivity contribution in [3.8, 4) is 22.5 Å². The maximum Gasteiger partial charge on any atom is 0.416 e. The van der Waals surface area contributed by atoms with Crippen molar-refractivity contribution < 1.29 is 18.0 Å². The van der Waals surface area contributed by atoms with Crippen LogP contribution in [0, 0.1) is 0 Å². The van der Waals surface area contributed by atoms with Gasteiger partial charge >= 0.3 is 6.18 Å². The van der Waals surface area contributed by atoms with E-state index in [0.717, 1.165) is 17.7 Å². The van der Waals surface area contributed by atoms with E-state index in [4.69, 9.17) is 21.7 Å². The summed E-state index contributed by atoms with van der Waals surface area (Å²) in [5.41, 5.74) is 3.42. The number of benzene rings is 3. The predicted molar refractivity (Wildman–Crippen MR) is 148 cm³/mol. The molecule has 3 heterocycles. The summed E-state index contributed by atoms with van der Waals surface area (Å²) in [4.78, 5) is 22.2. The summed E-state index contributed by atoms with van der Waals surface area (Å²) in [7, 11) is 0. The number of anilines is 1. The molecule has 2 aromatic heterocycles. The van der Waals surface area contributed by atoms with Crippen molar-refractivity contribution in [2.24, 2.45) is 0 Å². The van der Waals surface area contributed by atoms with Gasteiger partial charge in [-0.3, -0.25) is 4.79 Å². The highest BCUT2D eigenvalue weighted by Crippen LogP contribution is 2.32. The highest BCUT2D eigenvalue weighted by Gasteiger charge is 2.32. The van der Waals surface area contributed by atoms with Gasteiger partial charge in [0.05, 0.1) is 17.0 Å². The third kappa shape index (κ3) is 5.00. The van der Waals surface area contributed by atoms with E-state index in [1.54, 1.807) is 27.6 Å². The molecule has 0 N–H and O–H groups in total. The lowest BCUT2D eigenvalue weighted by Crippen LogP contribution is -2.49. The number of fused-ring (bicyclic) bond motifs is 1. The first kappa shape index (κ1) is 25.9. The molecule has 202 valence electrons. The lowest BCUT2D eigenvalue weighted by atomic mass is 10.1. The van der Waals surface area contributed by atoms with E-state index in [1.165, 1.54) is 6.07 Å². The van der Waals surface area contributed by atoms with E-state index >= 15 is 0 Å². The number of carbonyl (C=O) groups excluding carboxylic acids is 1. The summed E-state index contributed by atoms with van der Waals surface area (Å²) in [5.74, 6) is -0.243. The van der Waals surface area contributed by atoms with Gasteiger partial charge in [-0.05, 0) is 30.3 Å². The molecular weight excluding hydrogens is 539 g/mol. The number of halogens is 4. The number of alkyl halides is 3. The van der Waals surface area contributed by atoms with Crippen LogP contribution in [0.5, 0.6) is 0 Å². The van der Waals surface area contributed by atoms with E-state index in [1.807, 2.05) is 59.5 Å². The molecule has 6 nitrogen and oxygen atoms in total. The summed E-state index contributed by atoms with van der Waals surface area (Å²) in [6.07, 6.45) is -4.41. The van der Waals surface area contributed by atoms with E-state index < -0.39 is 11.7 Å². The average molecular weight is 562 g/mol. The Morgan fingerprint density at radius 1 is 0.800 bits per heavy atom. The lowest BCUT2D eigenvalue weighted by molar-refractivity contribution is -0.137. The van der Waals surface area contributed by atoms with Crippen LogP contribution >= 0.6 is 11.6 Å². The highest BCUT2D eigenvalue weighted by atomic mass is 35.5. The van der Waals surface area contributed by atoms with Crippen LogP contribution in [-0.2, 0) is 6.18 Å². The number of nitrogens with zero attached hydrogens (tertiary/aromatic N) is 5. The average Bonchev–Trinajstić information content (AvgIpc) is 3.41. The normalized spacial score (nSPS) is 14.1. The molecule has 40 heavy (non-hydrogen) atoms. The summed E-state index contributed by atoms with van der Waals surface area (Å²) < 4.78 is 41.2. The maximum atomic E-state index is 13.9. The third-order valence-electron chi connectivity index (χ3n) is 6.97. The first-order valence-corrected chi connectivity index (χ1v) is 13.1. The number of rotatable bonds is 4. The summed E-state index contributed by atoms with van der Waals surface area (Å²) in [5, 5.41) is 5.22. The smallest absolute Gasteiger partial charge is 0.368 e. The van der Waals surface area contributed by atoms with Gasteiger partial charge in [0.1, 0.15) is 5.69 Å². The standard InChI is InChI=1S/C30H23ClF3N5O/c31-24-12-5-4-11-23(24)26-18-27(39-28(35-26)19-25(36-39)20-7-2-1-3-8-20)29(40)38-15-13-37(14-16-38)22-10-6-9-21(17-22)30(32,33)34/h1-12,17-19H,13-16H2. The molecule has 1 amide bonds. The van der Waals surface area contributed by atoms with Crippen molar-refractivity contribution in [1.82, 2.24) is 19.5 Å². The molecule has 1 fully saturated rings. The van der Waals surface area contributed by atoms with Gasteiger partial charge in [-0.2, -0.15) is 18.3 Å². The monoisotopic (exact) mass is 561 g/mol. The molecular formula is C30H23ClF3N5O. The zero-order valence-electron chi connectivity index (χ0n) is 21.1. The highest BCUT2D eigenvalue weighted by molar-refractivity contribution is 6.33. The second-order valence-electron chi connectivity index (χ2n) is 9.50. The molecule has 3 aromatic carbocycles. The van der Waals surface area contributed by atoms with E-state index in [-0.39, 0.29) is 5.91 Å². The lowest BCUT2D eigenvalue weighted by Gasteiger charge is -2.36. The predicted octanol–water partition coefficient (Wildman–Crippen LogP) is 6.70. The Bertz CT molecular complexity index is 1700. The SMILES string of the molecule is O=C(c1cc(-c2ccccc2Cl)nc2cc(-c3ccccc3)nn12)N1CCN(c2cccc(C(F)(F)F)c2)CC1. The number of piperazine rings is 1. The van der Waals surface area contributed by atoms with Gasteiger partial charge in [0.15, 0.2) is 5.65 Å². The van der Waals surface area contributed by atoms with Gasteiger partial charge in [0, 0.05) is 54.1 Å². The fourth-order valence-electron chi connectivity index (χ4n) is 4.89. The third-order valence-corrected chi connectivity index (χ3v) is 7.30. The second kappa shape index (κ2) is 10.3. The van der Waals surface area contributed by atoms with Crippen LogP contribution < -0.4 is 4.90 Å². The number of hydrogen-bond donors (Lipinski definition) is 0. The van der Waals surface area contributed by atoms with Crippen LogP contribution in [0.15, 0.2) is 91.0 Å². The van der Waals surface area contributed by atoms with E-state index in [2.05, 4.69) is 0 Å². The molecule has 1 aliphatic heterocycles. The number of hydrogen-bond acceptors (Lipinski definition) is 4. The Morgan fingerprint density at radius 2 is 1.52 bits per heavy atom. The van der Waals surface area contributed by atoms with Crippen molar-refractivity contribution in [2.75, 3.05) is 31.1 Å².